The quantitative estimate of drug-likeness (QED) is 0.109. The van der Waals surface area contributed by atoms with E-state index in [2.05, 4.69) is 91.3 Å². The molecular formula is C42H57N7O5S. The lowest BCUT2D eigenvalue weighted by atomic mass is 9.87. The Labute approximate surface area is 326 Å². The van der Waals surface area contributed by atoms with Gasteiger partial charge in [-0.25, -0.2) is 32.9 Å². The van der Waals surface area contributed by atoms with E-state index in [9.17, 15) is 18.3 Å². The van der Waals surface area contributed by atoms with E-state index < -0.39 is 21.5 Å². The SMILES string of the molecule is Cc1cccc(CC(C)C)c1-c1nc(NS(=O)(=O)c2cccc(C(=O)O)c2)nc(OC[C@]2(NCc3ncc(N(C)CC(C)(C)C)cn3)C[C@@H]2C(C)(C)C)c1C. The summed E-state index contributed by atoms with van der Waals surface area (Å²) in [4.78, 5) is 32.4. The van der Waals surface area contributed by atoms with Gasteiger partial charge in [-0.1, -0.05) is 79.7 Å². The maximum absolute atomic E-state index is 13.7. The molecule has 12 nitrogen and oxygen atoms in total. The molecule has 0 amide bonds. The molecule has 1 fully saturated rings. The first kappa shape index (κ1) is 41.5. The van der Waals surface area contributed by atoms with Crippen LogP contribution in [-0.2, 0) is 23.0 Å². The van der Waals surface area contributed by atoms with E-state index >= 15 is 0 Å². The molecule has 13 heteroatoms. The molecule has 0 bridgehead atoms. The number of aromatic carboxylic acids is 1. The fourth-order valence-electron chi connectivity index (χ4n) is 7.32. The molecule has 2 aromatic heterocycles. The molecule has 0 unspecified atom stereocenters. The summed E-state index contributed by atoms with van der Waals surface area (Å²) in [6.45, 7) is 23.0. The van der Waals surface area contributed by atoms with Gasteiger partial charge in [0.1, 0.15) is 12.4 Å². The highest BCUT2D eigenvalue weighted by Gasteiger charge is 2.59. The van der Waals surface area contributed by atoms with Crippen molar-refractivity contribution in [3.63, 3.8) is 0 Å². The first-order valence-electron chi connectivity index (χ1n) is 18.8. The molecule has 5 rings (SSSR count). The molecule has 1 saturated carbocycles. The molecule has 4 aromatic rings. The number of benzene rings is 2. The number of nitrogens with one attached hydrogen (secondary N) is 2. The molecule has 0 saturated heterocycles. The van der Waals surface area contributed by atoms with E-state index in [1.807, 2.05) is 45.4 Å². The van der Waals surface area contributed by atoms with Gasteiger partial charge in [-0.05, 0) is 78.7 Å². The van der Waals surface area contributed by atoms with Crippen molar-refractivity contribution in [2.75, 3.05) is 29.8 Å². The fourth-order valence-corrected chi connectivity index (χ4v) is 8.31. The predicted molar refractivity (Wildman–Crippen MR) is 217 cm³/mol. The Kier molecular flexibility index (Phi) is 12.0. The number of carboxylic acids is 1. The number of hydrogen-bond donors (Lipinski definition) is 3. The number of hydrogen-bond acceptors (Lipinski definition) is 10. The van der Waals surface area contributed by atoms with Gasteiger partial charge in [-0.3, -0.25) is 0 Å². The highest BCUT2D eigenvalue weighted by atomic mass is 32.2. The summed E-state index contributed by atoms with van der Waals surface area (Å²) in [6, 6.07) is 11.3. The summed E-state index contributed by atoms with van der Waals surface area (Å²) >= 11 is 0. The van der Waals surface area contributed by atoms with Crippen LogP contribution in [0.4, 0.5) is 11.6 Å². The standard InChI is InChI=1S/C42H57N7O5S/c1-26(2)18-29-15-12-14-27(3)35(29)36-28(4)37(47-39(46-36)48-55(52,53)32-17-13-16-30(19-32)38(50)51)54-25-42(20-33(42)41(8,9)10)45-23-34-43-21-31(22-44-34)49(11)24-40(5,6)7/h12-17,19,21-22,26,33,45H,18,20,23-25H2,1-11H3,(H,50,51)(H,46,47,48)/t33-,42-/m1/s1. The lowest BCUT2D eigenvalue weighted by Crippen LogP contribution is -2.41. The molecule has 1 aliphatic carbocycles. The first-order valence-corrected chi connectivity index (χ1v) is 20.3. The van der Waals surface area contributed by atoms with Crippen molar-refractivity contribution in [3.05, 3.63) is 82.9 Å². The van der Waals surface area contributed by atoms with Gasteiger partial charge in [0.25, 0.3) is 10.0 Å². The van der Waals surface area contributed by atoms with Crippen molar-refractivity contribution < 1.29 is 23.1 Å². The molecule has 2 heterocycles. The second-order valence-electron chi connectivity index (χ2n) is 17.7. The summed E-state index contributed by atoms with van der Waals surface area (Å²) in [6.07, 6.45) is 5.36. The van der Waals surface area contributed by atoms with Crippen molar-refractivity contribution in [2.24, 2.45) is 22.7 Å². The molecule has 296 valence electrons. The minimum atomic E-state index is -4.28. The smallest absolute Gasteiger partial charge is 0.335 e. The molecule has 55 heavy (non-hydrogen) atoms. The summed E-state index contributed by atoms with van der Waals surface area (Å²) < 4.78 is 36.5. The molecule has 0 spiro atoms. The van der Waals surface area contributed by atoms with Gasteiger partial charge in [0.2, 0.25) is 11.8 Å². The zero-order chi connectivity index (χ0) is 40.5. The molecule has 0 aliphatic heterocycles. The lowest BCUT2D eigenvalue weighted by Gasteiger charge is -2.28. The van der Waals surface area contributed by atoms with E-state index in [-0.39, 0.29) is 45.6 Å². The van der Waals surface area contributed by atoms with Crippen molar-refractivity contribution in [1.29, 1.82) is 0 Å². The van der Waals surface area contributed by atoms with Gasteiger partial charge in [-0.15, -0.1) is 0 Å². The zero-order valence-corrected chi connectivity index (χ0v) is 34.9. The second-order valence-corrected chi connectivity index (χ2v) is 19.3. The van der Waals surface area contributed by atoms with Crippen LogP contribution in [0.5, 0.6) is 5.88 Å². The minimum Gasteiger partial charge on any atom is -0.478 e. The number of ether oxygens (including phenoxy) is 1. The number of nitrogens with zero attached hydrogens (tertiary/aromatic N) is 5. The van der Waals surface area contributed by atoms with Crippen LogP contribution in [0.3, 0.4) is 0 Å². The van der Waals surface area contributed by atoms with Gasteiger partial charge in [0.15, 0.2) is 0 Å². The van der Waals surface area contributed by atoms with Gasteiger partial charge < -0.3 is 20.1 Å². The predicted octanol–water partition coefficient (Wildman–Crippen LogP) is 7.70. The highest BCUT2D eigenvalue weighted by molar-refractivity contribution is 7.92. The maximum Gasteiger partial charge on any atom is 0.335 e. The Balaban J connectivity index is 1.49. The van der Waals surface area contributed by atoms with Gasteiger partial charge >= 0.3 is 5.97 Å². The van der Waals surface area contributed by atoms with E-state index in [1.165, 1.54) is 18.2 Å². The number of rotatable bonds is 15. The monoisotopic (exact) mass is 771 g/mol. The molecule has 2 aromatic carbocycles. The van der Waals surface area contributed by atoms with Crippen LogP contribution >= 0.6 is 0 Å². The average Bonchev–Trinajstić information content (AvgIpc) is 3.82. The lowest BCUT2D eigenvalue weighted by molar-refractivity contribution is 0.0696. The third kappa shape index (κ3) is 10.2. The van der Waals surface area contributed by atoms with E-state index in [0.29, 0.717) is 29.5 Å². The summed E-state index contributed by atoms with van der Waals surface area (Å²) in [5.74, 6) is 0.148. The Morgan fingerprint density at radius 1 is 1.04 bits per heavy atom. The zero-order valence-electron chi connectivity index (χ0n) is 34.1. The van der Waals surface area contributed by atoms with Gasteiger partial charge in [0.05, 0.1) is 46.3 Å². The number of sulfonamides is 1. The highest BCUT2D eigenvalue weighted by Crippen LogP contribution is 2.54. The topological polar surface area (TPSA) is 160 Å². The van der Waals surface area contributed by atoms with Crippen LogP contribution in [-0.4, -0.2) is 65.2 Å². The third-order valence-corrected chi connectivity index (χ3v) is 11.3. The van der Waals surface area contributed by atoms with Crippen molar-refractivity contribution in [2.45, 2.75) is 99.1 Å². The summed E-state index contributed by atoms with van der Waals surface area (Å²) in [5.41, 5.74) is 4.69. The minimum absolute atomic E-state index is 0.0270. The van der Waals surface area contributed by atoms with Gasteiger partial charge in [0, 0.05) is 24.7 Å². The van der Waals surface area contributed by atoms with Crippen LogP contribution in [0.15, 0.2) is 59.8 Å². The van der Waals surface area contributed by atoms with Crippen LogP contribution in [0, 0.1) is 36.5 Å². The Morgan fingerprint density at radius 3 is 2.31 bits per heavy atom. The van der Waals surface area contributed by atoms with Crippen LogP contribution in [0.25, 0.3) is 11.3 Å². The molecule has 1 aliphatic rings. The van der Waals surface area contributed by atoms with Crippen LogP contribution in [0.2, 0.25) is 0 Å². The molecule has 2 atom stereocenters. The van der Waals surface area contributed by atoms with E-state index in [4.69, 9.17) is 9.72 Å². The van der Waals surface area contributed by atoms with E-state index in [0.717, 1.165) is 47.8 Å². The summed E-state index contributed by atoms with van der Waals surface area (Å²) in [5, 5.41) is 13.2. The van der Waals surface area contributed by atoms with Crippen LogP contribution < -0.4 is 19.7 Å². The molecule has 3 N–H and O–H groups in total. The first-order chi connectivity index (χ1) is 25.6. The Bertz CT molecular complexity index is 2130. The largest absolute Gasteiger partial charge is 0.478 e. The Morgan fingerprint density at radius 2 is 1.71 bits per heavy atom. The van der Waals surface area contributed by atoms with Gasteiger partial charge in [-0.2, -0.15) is 4.98 Å². The fraction of sp³-hybridized carbons (Fsp3) is 0.500. The van der Waals surface area contributed by atoms with Crippen LogP contribution in [0.1, 0.15) is 94.7 Å². The third-order valence-electron chi connectivity index (χ3n) is 9.97. The van der Waals surface area contributed by atoms with E-state index in [1.54, 1.807) is 0 Å². The molecular weight excluding hydrogens is 715 g/mol. The summed E-state index contributed by atoms with van der Waals surface area (Å²) in [7, 11) is -2.23. The Hall–Kier alpha value is -4.62. The van der Waals surface area contributed by atoms with Crippen molar-refractivity contribution >= 4 is 27.6 Å². The molecule has 0 radical (unpaired) electrons. The normalized spacial score (nSPS) is 17.3. The van der Waals surface area contributed by atoms with Crippen molar-refractivity contribution in [3.8, 4) is 17.1 Å². The average molecular weight is 772 g/mol. The van der Waals surface area contributed by atoms with Crippen molar-refractivity contribution in [1.82, 2.24) is 25.3 Å². The maximum atomic E-state index is 13.7. The second kappa shape index (κ2) is 15.9. The number of anilines is 2. The number of aromatic nitrogens is 4. The number of carboxylic acid groups (broad SMARTS) is 1. The number of aryl methyl sites for hydroxylation is 1. The number of carbonyl (C=O) groups is 1.